The van der Waals surface area contributed by atoms with Gasteiger partial charge in [-0.1, -0.05) is 0 Å². The lowest BCUT2D eigenvalue weighted by Crippen LogP contribution is -2.59. The molecule has 0 atom stereocenters. The molecule has 0 aromatic carbocycles. The van der Waals surface area contributed by atoms with Crippen molar-refractivity contribution in [1.82, 2.24) is 26.6 Å². The summed E-state index contributed by atoms with van der Waals surface area (Å²) in [5.41, 5.74) is -1.15. The second-order valence-corrected chi connectivity index (χ2v) is 9.89. The van der Waals surface area contributed by atoms with Crippen molar-refractivity contribution >= 4 is 29.5 Å². The predicted molar refractivity (Wildman–Crippen MR) is 151 cm³/mol. The minimum atomic E-state index is -1.15. The molecule has 1 fully saturated rings. The highest BCUT2D eigenvalue weighted by molar-refractivity contribution is 5.77. The third-order valence-corrected chi connectivity index (χ3v) is 6.49. The summed E-state index contributed by atoms with van der Waals surface area (Å²) in [5, 5.41) is 13.1. The van der Waals surface area contributed by atoms with Gasteiger partial charge in [0.2, 0.25) is 29.5 Å². The molecule has 0 saturated heterocycles. The number of hydrogen-bond donors (Lipinski definition) is 5. The van der Waals surface area contributed by atoms with Gasteiger partial charge in [-0.3, -0.25) is 24.0 Å². The van der Waals surface area contributed by atoms with Gasteiger partial charge in [0, 0.05) is 60.3 Å². The molecule has 0 aromatic rings. The third-order valence-electron chi connectivity index (χ3n) is 6.49. The molecule has 0 aromatic heterocycles. The molecule has 1 aliphatic carbocycles. The minimum absolute atomic E-state index is 0.0262. The molecular formula is C27H49N5O10. The zero-order valence-corrected chi connectivity index (χ0v) is 25.3. The van der Waals surface area contributed by atoms with Crippen molar-refractivity contribution in [3.8, 4) is 0 Å². The maximum Gasteiger partial charge on any atom is 0.222 e. The van der Waals surface area contributed by atoms with Crippen LogP contribution < -0.4 is 26.6 Å². The summed E-state index contributed by atoms with van der Waals surface area (Å²) < 4.78 is 28.7. The normalized spacial score (nSPS) is 16.2. The molecule has 1 saturated carbocycles. The van der Waals surface area contributed by atoms with Crippen LogP contribution in [-0.2, 0) is 47.7 Å². The Morgan fingerprint density at radius 1 is 0.524 bits per heavy atom. The van der Waals surface area contributed by atoms with Crippen LogP contribution in [0.5, 0.6) is 0 Å². The van der Waals surface area contributed by atoms with Gasteiger partial charge in [-0.25, -0.2) is 0 Å². The van der Waals surface area contributed by atoms with Crippen LogP contribution in [0.25, 0.3) is 0 Å². The van der Waals surface area contributed by atoms with E-state index in [2.05, 4.69) is 26.6 Å². The molecule has 0 bridgehead atoms. The van der Waals surface area contributed by atoms with Gasteiger partial charge in [0.25, 0.3) is 0 Å². The highest BCUT2D eigenvalue weighted by atomic mass is 16.5. The van der Waals surface area contributed by atoms with E-state index in [0.29, 0.717) is 25.9 Å². The van der Waals surface area contributed by atoms with Crippen molar-refractivity contribution in [3.05, 3.63) is 0 Å². The highest BCUT2D eigenvalue weighted by Crippen LogP contribution is 2.26. The van der Waals surface area contributed by atoms with Crippen molar-refractivity contribution in [2.75, 3.05) is 81.0 Å². The van der Waals surface area contributed by atoms with E-state index >= 15 is 0 Å². The largest absolute Gasteiger partial charge is 0.378 e. The number of carbonyl (C=O) groups is 5. The van der Waals surface area contributed by atoms with E-state index in [0.717, 1.165) is 0 Å². The van der Waals surface area contributed by atoms with Crippen LogP contribution in [0.15, 0.2) is 0 Å². The lowest BCUT2D eigenvalue weighted by molar-refractivity contribution is -0.134. The summed E-state index contributed by atoms with van der Waals surface area (Å²) in [6, 6.07) is 0. The first kappa shape index (κ1) is 37.2. The van der Waals surface area contributed by atoms with Gasteiger partial charge in [-0.2, -0.15) is 0 Å². The van der Waals surface area contributed by atoms with E-state index in [1.807, 2.05) is 0 Å². The summed E-state index contributed by atoms with van der Waals surface area (Å²) >= 11 is 0. The number of amides is 5. The van der Waals surface area contributed by atoms with Crippen LogP contribution in [0.3, 0.4) is 0 Å². The van der Waals surface area contributed by atoms with Gasteiger partial charge in [-0.05, 0) is 12.8 Å². The number of hydrogen-bond acceptors (Lipinski definition) is 10. The summed E-state index contributed by atoms with van der Waals surface area (Å²) in [6.45, 7) is 0.741. The predicted octanol–water partition coefficient (Wildman–Crippen LogP) is -1.61. The second kappa shape index (κ2) is 21.8. The third kappa shape index (κ3) is 16.6. The van der Waals surface area contributed by atoms with E-state index in [-0.39, 0.29) is 114 Å². The lowest BCUT2D eigenvalue weighted by atomic mass is 9.92. The molecule has 0 heterocycles. The van der Waals surface area contributed by atoms with Crippen LogP contribution in [0.1, 0.15) is 44.9 Å². The topological polar surface area (TPSA) is 192 Å². The average molecular weight is 604 g/mol. The number of rotatable bonds is 24. The Bertz CT molecular complexity index is 778. The van der Waals surface area contributed by atoms with Gasteiger partial charge < -0.3 is 50.3 Å². The Labute approximate surface area is 247 Å². The van der Waals surface area contributed by atoms with Crippen LogP contribution in [-0.4, -0.2) is 128 Å². The van der Waals surface area contributed by atoms with Crippen LogP contribution >= 0.6 is 0 Å². The highest BCUT2D eigenvalue weighted by Gasteiger charge is 2.35. The number of ether oxygens (including phenoxy) is 5. The van der Waals surface area contributed by atoms with E-state index < -0.39 is 5.54 Å². The van der Waals surface area contributed by atoms with Crippen molar-refractivity contribution in [2.45, 2.75) is 62.7 Å². The Morgan fingerprint density at radius 2 is 0.833 bits per heavy atom. The Hall–Kier alpha value is -2.85. The van der Waals surface area contributed by atoms with E-state index in [1.54, 1.807) is 7.05 Å². The van der Waals surface area contributed by atoms with Gasteiger partial charge in [-0.15, -0.1) is 0 Å². The molecule has 242 valence electrons. The minimum Gasteiger partial charge on any atom is -0.378 e. The van der Waals surface area contributed by atoms with E-state index in [9.17, 15) is 24.0 Å². The molecule has 0 aliphatic heterocycles. The second-order valence-electron chi connectivity index (χ2n) is 9.89. The van der Waals surface area contributed by atoms with Gasteiger partial charge >= 0.3 is 0 Å². The fourth-order valence-electron chi connectivity index (χ4n) is 3.81. The van der Waals surface area contributed by atoms with Crippen LogP contribution in [0.2, 0.25) is 0 Å². The Balaban J connectivity index is 2.68. The molecule has 0 unspecified atom stereocenters. The standard InChI is InChI=1S/C27H49N5O10/c1-28-22(33)5-10-38-17-27(18-39-11-6-23(34)29-2,19-40-12-7-24(35)30-3)32-26(37)9-14-42-21-15-20(16-21)41-13-8-25(36)31-4/h20-21H,5-19H2,1-4H3,(H,28,33)(H,29,34)(H,30,35)(H,31,36)(H,32,37)/t20-,21-. The molecule has 15 heteroatoms. The summed E-state index contributed by atoms with van der Waals surface area (Å²) in [7, 11) is 6.16. The molecular weight excluding hydrogens is 554 g/mol. The molecule has 1 aliphatic rings. The monoisotopic (exact) mass is 603 g/mol. The molecule has 5 N–H and O–H groups in total. The maximum atomic E-state index is 13.0. The van der Waals surface area contributed by atoms with Gasteiger partial charge in [0.15, 0.2) is 0 Å². The molecule has 1 rings (SSSR count). The van der Waals surface area contributed by atoms with Crippen molar-refractivity contribution in [3.63, 3.8) is 0 Å². The molecule has 42 heavy (non-hydrogen) atoms. The first-order valence-electron chi connectivity index (χ1n) is 14.3. The molecule has 15 nitrogen and oxygen atoms in total. The van der Waals surface area contributed by atoms with E-state index in [1.165, 1.54) is 21.1 Å². The zero-order chi connectivity index (χ0) is 31.2. The zero-order valence-electron chi connectivity index (χ0n) is 25.3. The molecule has 0 spiro atoms. The SMILES string of the molecule is CNC(=O)CCOCC(COCCC(=O)NC)(COCCC(=O)NC)NC(=O)CCO[C@H]1C[C@H](OCCC(=O)NC)C1. The summed E-state index contributed by atoms with van der Waals surface area (Å²) in [4.78, 5) is 59.1. The number of carbonyl (C=O) groups excluding carboxylic acids is 5. The summed E-state index contributed by atoms with van der Waals surface area (Å²) in [5.74, 6) is -0.983. The first-order valence-corrected chi connectivity index (χ1v) is 14.3. The fraction of sp³-hybridized carbons (Fsp3) is 0.815. The quantitative estimate of drug-likeness (QED) is 0.0802. The van der Waals surface area contributed by atoms with E-state index in [4.69, 9.17) is 23.7 Å². The Morgan fingerprint density at radius 3 is 1.17 bits per heavy atom. The average Bonchev–Trinajstić information content (AvgIpc) is 2.97. The Kier molecular flexibility index (Phi) is 19.3. The van der Waals surface area contributed by atoms with Crippen molar-refractivity contribution in [1.29, 1.82) is 0 Å². The van der Waals surface area contributed by atoms with Crippen LogP contribution in [0.4, 0.5) is 0 Å². The van der Waals surface area contributed by atoms with Crippen molar-refractivity contribution in [2.24, 2.45) is 0 Å². The maximum absolute atomic E-state index is 13.0. The van der Waals surface area contributed by atoms with Gasteiger partial charge in [0.05, 0.1) is 65.1 Å². The first-order chi connectivity index (χ1) is 20.2. The molecule has 0 radical (unpaired) electrons. The van der Waals surface area contributed by atoms with Crippen LogP contribution in [0, 0.1) is 0 Å². The fourth-order valence-corrected chi connectivity index (χ4v) is 3.81. The van der Waals surface area contributed by atoms with Crippen molar-refractivity contribution < 1.29 is 47.7 Å². The molecule has 5 amide bonds. The van der Waals surface area contributed by atoms with Gasteiger partial charge in [0.1, 0.15) is 5.54 Å². The number of nitrogens with one attached hydrogen (secondary N) is 5. The lowest BCUT2D eigenvalue weighted by Gasteiger charge is -2.35. The summed E-state index contributed by atoms with van der Waals surface area (Å²) in [6.07, 6.45) is 2.14. The smallest absolute Gasteiger partial charge is 0.222 e.